The molecule has 0 aromatic heterocycles. The maximum absolute atomic E-state index is 13.6. The number of ether oxygens (including phenoxy) is 3. The van der Waals surface area contributed by atoms with Crippen LogP contribution >= 0.6 is 45.2 Å². The van der Waals surface area contributed by atoms with E-state index in [9.17, 15) is 27.4 Å². The zero-order chi connectivity index (χ0) is 28.3. The predicted molar refractivity (Wildman–Crippen MR) is 155 cm³/mol. The van der Waals surface area contributed by atoms with Gasteiger partial charge in [0.05, 0.1) is 22.3 Å². The summed E-state index contributed by atoms with van der Waals surface area (Å²) in [5.41, 5.74) is 0.770. The fourth-order valence-corrected chi connectivity index (χ4v) is 8.88. The molecule has 4 aliphatic rings. The van der Waals surface area contributed by atoms with Crippen LogP contribution in [0.3, 0.4) is 0 Å². The van der Waals surface area contributed by atoms with Gasteiger partial charge in [-0.25, -0.2) is 13.2 Å². The van der Waals surface area contributed by atoms with E-state index in [0.717, 1.165) is 39.2 Å². The molecule has 6 rings (SSSR count). The molecule has 9 nitrogen and oxygen atoms in total. The van der Waals surface area contributed by atoms with Crippen molar-refractivity contribution in [2.24, 2.45) is 23.7 Å². The summed E-state index contributed by atoms with van der Waals surface area (Å²) in [4.78, 5) is 39.2. The molecule has 3 saturated carbocycles. The van der Waals surface area contributed by atoms with Crippen LogP contribution in [-0.4, -0.2) is 43.1 Å². The van der Waals surface area contributed by atoms with Gasteiger partial charge in [0.15, 0.2) is 0 Å². The third-order valence-corrected chi connectivity index (χ3v) is 12.8. The maximum atomic E-state index is 13.6. The van der Waals surface area contributed by atoms with Crippen molar-refractivity contribution < 1.29 is 41.6 Å². The topological polar surface area (TPSA) is 136 Å². The number of esters is 3. The Kier molecular flexibility index (Phi) is 7.66. The first kappa shape index (κ1) is 28.3. The Hall–Kier alpha value is -1.78. The van der Waals surface area contributed by atoms with Crippen molar-refractivity contribution in [3.05, 3.63) is 54.7 Å². The number of rotatable bonds is 6. The maximum Gasteiger partial charge on any atom is 0.339 e. The second-order valence-electron chi connectivity index (χ2n) is 10.9. The largest absolute Gasteiger partial charge is 0.744 e. The van der Waals surface area contributed by atoms with Crippen LogP contribution in [0.5, 0.6) is 5.75 Å². The van der Waals surface area contributed by atoms with Crippen molar-refractivity contribution in [1.29, 1.82) is 0 Å². The smallest absolute Gasteiger partial charge is 0.339 e. The van der Waals surface area contributed by atoms with Crippen LogP contribution in [0.4, 0.5) is 0 Å². The van der Waals surface area contributed by atoms with Crippen LogP contribution in [-0.2, 0) is 29.2 Å². The van der Waals surface area contributed by atoms with E-state index in [-0.39, 0.29) is 22.5 Å². The van der Waals surface area contributed by atoms with E-state index < -0.39 is 58.0 Å². The van der Waals surface area contributed by atoms with E-state index in [1.165, 1.54) is 18.2 Å². The molecular weight excluding hydrogens is 766 g/mol. The molecule has 1 saturated heterocycles. The quantitative estimate of drug-likeness (QED) is 0.175. The molecule has 0 radical (unpaired) electrons. The van der Waals surface area contributed by atoms with E-state index in [0.29, 0.717) is 17.5 Å². The summed E-state index contributed by atoms with van der Waals surface area (Å²) in [6, 6.07) is 9.28. The van der Waals surface area contributed by atoms with E-state index in [1.54, 1.807) is 12.1 Å². The lowest BCUT2D eigenvalue weighted by Gasteiger charge is -2.30. The normalized spacial score (nSPS) is 29.3. The molecule has 1 heterocycles. The van der Waals surface area contributed by atoms with Crippen molar-refractivity contribution in [3.8, 4) is 5.75 Å². The summed E-state index contributed by atoms with van der Waals surface area (Å²) in [5.74, 6) is -3.98. The van der Waals surface area contributed by atoms with Crippen LogP contribution in [0.2, 0.25) is 0 Å². The van der Waals surface area contributed by atoms with Gasteiger partial charge in [0.2, 0.25) is 0 Å². The molecule has 212 valence electrons. The number of benzene rings is 2. The van der Waals surface area contributed by atoms with E-state index in [1.807, 2.05) is 6.07 Å². The number of carbonyl (C=O) groups excluding carboxylic acids is 3. The Labute approximate surface area is 258 Å². The molecule has 4 fully saturated rings. The average molecular weight is 791 g/mol. The van der Waals surface area contributed by atoms with Gasteiger partial charge >= 0.3 is 17.9 Å². The molecule has 12 heteroatoms. The first-order chi connectivity index (χ1) is 19.0. The summed E-state index contributed by atoms with van der Waals surface area (Å²) >= 11 is 4.22. The summed E-state index contributed by atoms with van der Waals surface area (Å²) in [6.45, 7) is 0. The van der Waals surface area contributed by atoms with Gasteiger partial charge in [-0.3, -0.25) is 9.59 Å². The Bertz CT molecular complexity index is 1500. The average Bonchev–Trinajstić information content (AvgIpc) is 3.54. The lowest BCUT2D eigenvalue weighted by Crippen LogP contribution is -2.44. The minimum absolute atomic E-state index is 0.116. The van der Waals surface area contributed by atoms with Crippen molar-refractivity contribution in [3.63, 3.8) is 0 Å². The van der Waals surface area contributed by atoms with Crippen LogP contribution < -0.4 is 4.74 Å². The Balaban J connectivity index is 1.25. The monoisotopic (exact) mass is 791 g/mol. The number of halogens is 2. The lowest BCUT2D eigenvalue weighted by molar-refractivity contribution is -0.149. The van der Waals surface area contributed by atoms with Crippen LogP contribution in [0.1, 0.15) is 60.4 Å². The first-order valence-corrected chi connectivity index (χ1v) is 16.8. The fraction of sp³-hybridized carbons (Fsp3) is 0.464. The Morgan fingerprint density at radius 1 is 1.02 bits per heavy atom. The number of fused-ring (bicyclic) bond motifs is 1. The first-order valence-electron chi connectivity index (χ1n) is 13.2. The number of carbonyl (C=O) groups is 3. The third kappa shape index (κ3) is 4.96. The molecule has 40 heavy (non-hydrogen) atoms. The standard InChI is InChI=1S/C28H26I2O9S/c29-19-8-4-7-15(23(19)30)26(31)38-24-17-12-18-22(28(33)39-25(18)24)21(17)27(32)37-14-9-10-20(40(34,35)36)16(11-14)13-5-2-1-3-6-13/h4,7-11,13,17-18,21-22,24-25H,1-3,5-6,12H2,(H,34,35,36)/p-1. The highest BCUT2D eigenvalue weighted by Crippen LogP contribution is 2.59. The fourth-order valence-electron chi connectivity index (χ4n) is 7.05. The molecule has 3 aliphatic carbocycles. The minimum Gasteiger partial charge on any atom is -0.744 e. The highest BCUT2D eigenvalue weighted by molar-refractivity contribution is 14.1. The number of hydrogen-bond donors (Lipinski definition) is 0. The summed E-state index contributed by atoms with van der Waals surface area (Å²) < 4.78 is 54.8. The van der Waals surface area contributed by atoms with E-state index in [4.69, 9.17) is 14.2 Å². The molecule has 2 aromatic rings. The van der Waals surface area contributed by atoms with Crippen LogP contribution in [0.25, 0.3) is 0 Å². The van der Waals surface area contributed by atoms with Gasteiger partial charge in [-0.2, -0.15) is 0 Å². The molecule has 6 unspecified atom stereocenters. The lowest BCUT2D eigenvalue weighted by atomic mass is 9.78. The highest BCUT2D eigenvalue weighted by Gasteiger charge is 2.70. The summed E-state index contributed by atoms with van der Waals surface area (Å²) in [6.07, 6.45) is 3.48. The SMILES string of the molecule is O=C(OC1C2CC3C1OC(=O)C3C2C(=O)Oc1ccc(S(=O)(=O)[O-])c(C2CCCCC2)c1)c1cccc(I)c1I. The van der Waals surface area contributed by atoms with Gasteiger partial charge in [-0.05, 0) is 106 Å². The Morgan fingerprint density at radius 3 is 2.50 bits per heavy atom. The van der Waals surface area contributed by atoms with Crippen molar-refractivity contribution in [2.75, 3.05) is 0 Å². The molecule has 1 aliphatic heterocycles. The van der Waals surface area contributed by atoms with Crippen molar-refractivity contribution in [1.82, 2.24) is 0 Å². The van der Waals surface area contributed by atoms with Gasteiger partial charge in [0, 0.05) is 19.0 Å². The van der Waals surface area contributed by atoms with Crippen LogP contribution in [0, 0.1) is 30.8 Å². The molecular formula is C28H25I2O9S-. The van der Waals surface area contributed by atoms with Gasteiger partial charge in [-0.15, -0.1) is 0 Å². The summed E-state index contributed by atoms with van der Waals surface area (Å²) in [5, 5.41) is 0. The third-order valence-electron chi connectivity index (χ3n) is 8.75. The molecule has 6 atom stereocenters. The highest BCUT2D eigenvalue weighted by atomic mass is 127. The second kappa shape index (κ2) is 10.8. The summed E-state index contributed by atoms with van der Waals surface area (Å²) in [7, 11) is -4.71. The zero-order valence-corrected chi connectivity index (χ0v) is 26.2. The zero-order valence-electron chi connectivity index (χ0n) is 21.1. The molecule has 0 spiro atoms. The molecule has 2 aromatic carbocycles. The van der Waals surface area contributed by atoms with Gasteiger partial charge in [-0.1, -0.05) is 25.3 Å². The van der Waals surface area contributed by atoms with E-state index in [2.05, 4.69) is 45.2 Å². The molecule has 2 bridgehead atoms. The van der Waals surface area contributed by atoms with Gasteiger partial charge in [0.1, 0.15) is 28.1 Å². The molecule has 0 N–H and O–H groups in total. The Morgan fingerprint density at radius 2 is 1.77 bits per heavy atom. The second-order valence-corrected chi connectivity index (χ2v) is 14.5. The minimum atomic E-state index is -4.71. The van der Waals surface area contributed by atoms with Crippen molar-refractivity contribution >= 4 is 73.2 Å². The molecule has 0 amide bonds. The van der Waals surface area contributed by atoms with Gasteiger partial charge < -0.3 is 18.8 Å². The van der Waals surface area contributed by atoms with E-state index >= 15 is 0 Å². The van der Waals surface area contributed by atoms with Crippen molar-refractivity contribution in [2.45, 2.75) is 61.5 Å². The predicted octanol–water partition coefficient (Wildman–Crippen LogP) is 4.79. The van der Waals surface area contributed by atoms with Crippen LogP contribution in [0.15, 0.2) is 41.3 Å². The number of hydrogen-bond acceptors (Lipinski definition) is 9. The van der Waals surface area contributed by atoms with Gasteiger partial charge in [0.25, 0.3) is 0 Å².